The van der Waals surface area contributed by atoms with Crippen LogP contribution in [-0.2, 0) is 13.1 Å². The molecule has 0 spiro atoms. The van der Waals surface area contributed by atoms with E-state index in [0.29, 0.717) is 18.0 Å². The van der Waals surface area contributed by atoms with E-state index in [2.05, 4.69) is 21.2 Å². The van der Waals surface area contributed by atoms with Crippen molar-refractivity contribution in [3.05, 3.63) is 56.2 Å². The highest BCUT2D eigenvalue weighted by molar-refractivity contribution is 9.10. The molecule has 0 radical (unpaired) electrons. The number of rotatable bonds is 4. The molecule has 3 nitrogen and oxygen atoms in total. The van der Waals surface area contributed by atoms with Crippen molar-refractivity contribution in [3.63, 3.8) is 0 Å². The second-order valence-corrected chi connectivity index (χ2v) is 5.57. The lowest BCUT2D eigenvalue weighted by molar-refractivity contribution is 0.0954. The molecule has 0 saturated heterocycles. The first-order chi connectivity index (χ1) is 8.70. The fourth-order valence-electron chi connectivity index (χ4n) is 1.51. The molecule has 3 N–H and O–H groups in total. The molecule has 0 unspecified atom stereocenters. The highest BCUT2D eigenvalue weighted by atomic mass is 79.9. The first kappa shape index (κ1) is 13.3. The smallest absolute Gasteiger partial charge is 0.262 e. The van der Waals surface area contributed by atoms with Crippen LogP contribution >= 0.6 is 27.3 Å². The van der Waals surface area contributed by atoms with Crippen LogP contribution in [0.15, 0.2) is 40.2 Å². The van der Waals surface area contributed by atoms with Crippen molar-refractivity contribution in [2.24, 2.45) is 5.73 Å². The van der Waals surface area contributed by atoms with Crippen molar-refractivity contribution in [1.29, 1.82) is 0 Å². The van der Waals surface area contributed by atoms with E-state index >= 15 is 0 Å². The van der Waals surface area contributed by atoms with Crippen LogP contribution in [0.4, 0.5) is 0 Å². The average molecular weight is 325 g/mol. The first-order valence-electron chi connectivity index (χ1n) is 5.50. The first-order valence-corrected chi connectivity index (χ1v) is 7.17. The van der Waals surface area contributed by atoms with E-state index in [1.54, 1.807) is 0 Å². The largest absolute Gasteiger partial charge is 0.347 e. The molecule has 0 aliphatic rings. The van der Waals surface area contributed by atoms with Gasteiger partial charge in [-0.2, -0.15) is 0 Å². The molecule has 1 aromatic heterocycles. The Morgan fingerprint density at radius 2 is 1.89 bits per heavy atom. The van der Waals surface area contributed by atoms with Crippen molar-refractivity contribution in [2.45, 2.75) is 13.1 Å². The number of hydrogen-bond acceptors (Lipinski definition) is 3. The summed E-state index contributed by atoms with van der Waals surface area (Å²) in [5.41, 5.74) is 7.68. The maximum Gasteiger partial charge on any atom is 0.262 e. The minimum absolute atomic E-state index is 0.0558. The van der Waals surface area contributed by atoms with Gasteiger partial charge in [0.1, 0.15) is 4.88 Å². The van der Waals surface area contributed by atoms with Gasteiger partial charge in [-0.05, 0) is 38.5 Å². The summed E-state index contributed by atoms with van der Waals surface area (Å²) >= 11 is 4.77. The van der Waals surface area contributed by atoms with E-state index in [0.717, 1.165) is 15.6 Å². The van der Waals surface area contributed by atoms with Crippen LogP contribution in [0.2, 0.25) is 0 Å². The summed E-state index contributed by atoms with van der Waals surface area (Å²) in [6.07, 6.45) is 0. The van der Waals surface area contributed by atoms with E-state index in [-0.39, 0.29) is 5.91 Å². The number of carbonyl (C=O) groups excluding carboxylic acids is 1. The molecule has 5 heteroatoms. The third-order valence-electron chi connectivity index (χ3n) is 2.54. The molecule has 94 valence electrons. The highest BCUT2D eigenvalue weighted by Crippen LogP contribution is 2.22. The summed E-state index contributed by atoms with van der Waals surface area (Å²) < 4.78 is 0.837. The summed E-state index contributed by atoms with van der Waals surface area (Å²) in [6.45, 7) is 1.06. The molecule has 0 fully saturated rings. The molecular weight excluding hydrogens is 312 g/mol. The number of hydrogen-bond donors (Lipinski definition) is 2. The molecule has 18 heavy (non-hydrogen) atoms. The van der Waals surface area contributed by atoms with Gasteiger partial charge in [0, 0.05) is 17.6 Å². The minimum Gasteiger partial charge on any atom is -0.347 e. The molecule has 1 heterocycles. The van der Waals surface area contributed by atoms with Crippen molar-refractivity contribution in [3.8, 4) is 0 Å². The maximum absolute atomic E-state index is 11.9. The third kappa shape index (κ3) is 3.19. The van der Waals surface area contributed by atoms with Crippen LogP contribution in [0.3, 0.4) is 0 Å². The summed E-state index contributed by atoms with van der Waals surface area (Å²) in [4.78, 5) is 12.6. The zero-order chi connectivity index (χ0) is 13.0. The molecule has 1 amide bonds. The molecule has 0 saturated carbocycles. The highest BCUT2D eigenvalue weighted by Gasteiger charge is 2.10. The standard InChI is InChI=1S/C13H13BrN2OS/c14-11-5-6-18-12(11)13(17)16-8-10-3-1-9(7-15)2-4-10/h1-6H,7-8,15H2,(H,16,17). The van der Waals surface area contributed by atoms with Gasteiger partial charge in [-0.3, -0.25) is 4.79 Å². The lowest BCUT2D eigenvalue weighted by Crippen LogP contribution is -2.22. The van der Waals surface area contributed by atoms with E-state index in [9.17, 15) is 4.79 Å². The van der Waals surface area contributed by atoms with Crippen molar-refractivity contribution in [1.82, 2.24) is 5.32 Å². The fourth-order valence-corrected chi connectivity index (χ4v) is 2.98. The van der Waals surface area contributed by atoms with Gasteiger partial charge in [0.05, 0.1) is 0 Å². The Bertz CT molecular complexity index is 536. The predicted molar refractivity (Wildman–Crippen MR) is 77.5 cm³/mol. The Hall–Kier alpha value is -1.17. The number of benzene rings is 1. The van der Waals surface area contributed by atoms with Gasteiger partial charge in [0.25, 0.3) is 5.91 Å². The van der Waals surface area contributed by atoms with Gasteiger partial charge in [0.15, 0.2) is 0 Å². The van der Waals surface area contributed by atoms with Gasteiger partial charge in [0.2, 0.25) is 0 Å². The molecule has 1 aromatic carbocycles. The Morgan fingerprint density at radius 1 is 1.22 bits per heavy atom. The normalized spacial score (nSPS) is 10.3. The lowest BCUT2D eigenvalue weighted by Gasteiger charge is -2.05. The number of nitrogens with two attached hydrogens (primary N) is 1. The molecule has 0 aliphatic carbocycles. The van der Waals surface area contributed by atoms with Crippen LogP contribution < -0.4 is 11.1 Å². The van der Waals surface area contributed by atoms with E-state index in [4.69, 9.17) is 5.73 Å². The Balaban J connectivity index is 1.95. The topological polar surface area (TPSA) is 55.1 Å². The third-order valence-corrected chi connectivity index (χ3v) is 4.37. The summed E-state index contributed by atoms with van der Waals surface area (Å²) in [7, 11) is 0. The van der Waals surface area contributed by atoms with Crippen LogP contribution in [0.5, 0.6) is 0 Å². The average Bonchev–Trinajstić information content (AvgIpc) is 2.83. The van der Waals surface area contributed by atoms with Gasteiger partial charge in [-0.25, -0.2) is 0 Å². The molecule has 2 aromatic rings. The van der Waals surface area contributed by atoms with Gasteiger partial charge < -0.3 is 11.1 Å². The monoisotopic (exact) mass is 324 g/mol. The number of thiophene rings is 1. The van der Waals surface area contributed by atoms with Crippen molar-refractivity contribution in [2.75, 3.05) is 0 Å². The van der Waals surface area contributed by atoms with Crippen LogP contribution in [0.25, 0.3) is 0 Å². The molecule has 0 aliphatic heterocycles. The Labute approximate surface area is 118 Å². The van der Waals surface area contributed by atoms with E-state index < -0.39 is 0 Å². The summed E-state index contributed by atoms with van der Waals surface area (Å²) in [5, 5.41) is 4.77. The zero-order valence-electron chi connectivity index (χ0n) is 9.65. The fraction of sp³-hybridized carbons (Fsp3) is 0.154. The van der Waals surface area contributed by atoms with Crippen molar-refractivity contribution < 1.29 is 4.79 Å². The zero-order valence-corrected chi connectivity index (χ0v) is 12.1. The van der Waals surface area contributed by atoms with Crippen molar-refractivity contribution >= 4 is 33.2 Å². The lowest BCUT2D eigenvalue weighted by atomic mass is 10.1. The summed E-state index contributed by atoms with van der Waals surface area (Å²) in [5.74, 6) is -0.0558. The maximum atomic E-state index is 11.9. The molecular formula is C13H13BrN2OS. The number of carbonyl (C=O) groups is 1. The minimum atomic E-state index is -0.0558. The molecule has 0 atom stereocenters. The predicted octanol–water partition coefficient (Wildman–Crippen LogP) is 2.90. The number of nitrogens with one attached hydrogen (secondary N) is 1. The molecule has 0 bridgehead atoms. The Kier molecular flexibility index (Phi) is 4.52. The summed E-state index contributed by atoms with van der Waals surface area (Å²) in [6, 6.07) is 9.78. The number of amides is 1. The van der Waals surface area contributed by atoms with Crippen LogP contribution in [0.1, 0.15) is 20.8 Å². The van der Waals surface area contributed by atoms with Gasteiger partial charge in [-0.1, -0.05) is 24.3 Å². The van der Waals surface area contributed by atoms with Crippen LogP contribution in [-0.4, -0.2) is 5.91 Å². The number of halogens is 1. The Morgan fingerprint density at radius 3 is 2.44 bits per heavy atom. The second-order valence-electron chi connectivity index (χ2n) is 3.80. The van der Waals surface area contributed by atoms with E-state index in [1.807, 2.05) is 35.7 Å². The van der Waals surface area contributed by atoms with E-state index in [1.165, 1.54) is 11.3 Å². The van der Waals surface area contributed by atoms with Gasteiger partial charge in [-0.15, -0.1) is 11.3 Å². The van der Waals surface area contributed by atoms with Gasteiger partial charge >= 0.3 is 0 Å². The SMILES string of the molecule is NCc1ccc(CNC(=O)c2sccc2Br)cc1. The molecule has 2 rings (SSSR count). The van der Waals surface area contributed by atoms with Crippen LogP contribution in [0, 0.1) is 0 Å². The quantitative estimate of drug-likeness (QED) is 0.908. The second kappa shape index (κ2) is 6.13.